The number of thiocarbonyl (C=S) groups is 1. The lowest BCUT2D eigenvalue weighted by Crippen LogP contribution is -1.93. The van der Waals surface area contributed by atoms with Crippen molar-refractivity contribution >= 4 is 17.1 Å². The molecule has 0 saturated heterocycles. The van der Waals surface area contributed by atoms with Crippen molar-refractivity contribution in [2.24, 2.45) is 0 Å². The highest BCUT2D eigenvalue weighted by Crippen LogP contribution is 2.07. The summed E-state index contributed by atoms with van der Waals surface area (Å²) in [5, 5.41) is 0. The number of hydrogen-bond acceptors (Lipinski definition) is 1. The summed E-state index contributed by atoms with van der Waals surface area (Å²) < 4.78 is 0. The second-order valence-electron chi connectivity index (χ2n) is 2.02. The Morgan fingerprint density at radius 3 is 2.75 bits per heavy atom. The minimum Gasteiger partial charge on any atom is -0.0846 e. The van der Waals surface area contributed by atoms with Crippen molar-refractivity contribution < 1.29 is 0 Å². The molecule has 0 fully saturated rings. The van der Waals surface area contributed by atoms with Crippen molar-refractivity contribution in [1.29, 1.82) is 0 Å². The Bertz CT molecular complexity index is 163. The van der Waals surface area contributed by atoms with Gasteiger partial charge in [-0.3, -0.25) is 0 Å². The highest BCUT2D eigenvalue weighted by molar-refractivity contribution is 7.80. The number of hydrogen-bond donors (Lipinski definition) is 0. The van der Waals surface area contributed by atoms with E-state index in [0.717, 1.165) is 11.3 Å². The molecule has 0 N–H and O–H groups in total. The normalized spacial score (nSPS) is 18.6. The quantitative estimate of drug-likeness (QED) is 0.446. The summed E-state index contributed by atoms with van der Waals surface area (Å²) in [6.45, 7) is 2.09. The Balaban J connectivity index is 2.73. The van der Waals surface area contributed by atoms with Crippen molar-refractivity contribution in [3.63, 3.8) is 0 Å². The molecule has 0 heterocycles. The summed E-state index contributed by atoms with van der Waals surface area (Å²) >= 11 is 4.96. The molecule has 0 aromatic rings. The average molecular weight is 124 g/mol. The molecule has 0 aliphatic heterocycles. The first-order chi connectivity index (χ1) is 3.79. The second-order valence-corrected chi connectivity index (χ2v) is 2.54. The Morgan fingerprint density at radius 2 is 2.38 bits per heavy atom. The molecule has 0 nitrogen and oxygen atoms in total. The lowest BCUT2D eigenvalue weighted by atomic mass is 10.1. The smallest absolute Gasteiger partial charge is 0.0192 e. The molecule has 1 rings (SSSR count). The van der Waals surface area contributed by atoms with Crippen LogP contribution in [0.3, 0.4) is 0 Å². The zero-order valence-electron chi connectivity index (χ0n) is 4.85. The minimum absolute atomic E-state index is 0.978. The maximum atomic E-state index is 4.96. The van der Waals surface area contributed by atoms with Crippen LogP contribution in [0.2, 0.25) is 0 Å². The van der Waals surface area contributed by atoms with Crippen LogP contribution in [0.5, 0.6) is 0 Å². The predicted octanol–water partition coefficient (Wildman–Crippen LogP) is 2.26. The molecular formula is C7H8S. The second kappa shape index (κ2) is 2.23. The van der Waals surface area contributed by atoms with Gasteiger partial charge in [-0.1, -0.05) is 29.9 Å². The van der Waals surface area contributed by atoms with E-state index in [1.54, 1.807) is 0 Å². The summed E-state index contributed by atoms with van der Waals surface area (Å²) in [4.78, 5) is 1.05. The molecule has 0 amide bonds. The van der Waals surface area contributed by atoms with Gasteiger partial charge in [0.2, 0.25) is 0 Å². The molecule has 1 aliphatic rings. The summed E-state index contributed by atoms with van der Waals surface area (Å²) in [6, 6.07) is 0. The molecule has 1 heteroatoms. The minimum atomic E-state index is 0.978. The largest absolute Gasteiger partial charge is 0.0846 e. The van der Waals surface area contributed by atoms with Crippen molar-refractivity contribution in [2.45, 2.75) is 13.3 Å². The highest BCUT2D eigenvalue weighted by atomic mass is 32.1. The summed E-state index contributed by atoms with van der Waals surface area (Å²) in [5.41, 5.74) is 1.36. The number of allylic oxidation sites excluding steroid dienone is 4. The van der Waals surface area contributed by atoms with E-state index in [4.69, 9.17) is 12.2 Å². The van der Waals surface area contributed by atoms with Gasteiger partial charge in [0.1, 0.15) is 0 Å². The topological polar surface area (TPSA) is 0 Å². The van der Waals surface area contributed by atoms with Crippen LogP contribution in [0.15, 0.2) is 23.8 Å². The van der Waals surface area contributed by atoms with E-state index in [1.807, 2.05) is 12.2 Å². The Hall–Kier alpha value is -0.430. The predicted molar refractivity (Wildman–Crippen MR) is 40.1 cm³/mol. The van der Waals surface area contributed by atoms with Gasteiger partial charge in [0.25, 0.3) is 0 Å². The first kappa shape index (κ1) is 5.70. The third kappa shape index (κ3) is 1.27. The van der Waals surface area contributed by atoms with Crippen LogP contribution in [0.25, 0.3) is 0 Å². The van der Waals surface area contributed by atoms with E-state index >= 15 is 0 Å². The molecule has 8 heavy (non-hydrogen) atoms. The van der Waals surface area contributed by atoms with Crippen LogP contribution in [-0.4, -0.2) is 4.86 Å². The van der Waals surface area contributed by atoms with Crippen LogP contribution in [0.4, 0.5) is 0 Å². The molecule has 0 radical (unpaired) electrons. The maximum absolute atomic E-state index is 4.96. The van der Waals surface area contributed by atoms with Crippen molar-refractivity contribution in [2.75, 3.05) is 0 Å². The van der Waals surface area contributed by atoms with Gasteiger partial charge in [-0.05, 0) is 13.0 Å². The fraction of sp³-hybridized carbons (Fsp3) is 0.286. The Kier molecular flexibility index (Phi) is 1.59. The van der Waals surface area contributed by atoms with Gasteiger partial charge in [-0.25, -0.2) is 0 Å². The Morgan fingerprint density at radius 1 is 1.62 bits per heavy atom. The van der Waals surface area contributed by atoms with Gasteiger partial charge in [-0.15, -0.1) is 0 Å². The molecule has 0 unspecified atom stereocenters. The maximum Gasteiger partial charge on any atom is 0.0192 e. The SMILES string of the molecule is CC1=CC=CC(=S)C1. The van der Waals surface area contributed by atoms with Crippen LogP contribution in [-0.2, 0) is 0 Å². The van der Waals surface area contributed by atoms with Crippen molar-refractivity contribution in [3.05, 3.63) is 23.8 Å². The van der Waals surface area contributed by atoms with Crippen molar-refractivity contribution in [1.82, 2.24) is 0 Å². The van der Waals surface area contributed by atoms with Gasteiger partial charge in [0, 0.05) is 11.3 Å². The standard InChI is InChI=1S/C7H8S/c1-6-3-2-4-7(8)5-6/h2-4H,5H2,1H3. The van der Waals surface area contributed by atoms with Crippen LogP contribution >= 0.6 is 12.2 Å². The van der Waals surface area contributed by atoms with E-state index in [2.05, 4.69) is 13.0 Å². The van der Waals surface area contributed by atoms with E-state index in [9.17, 15) is 0 Å². The first-order valence-corrected chi connectivity index (χ1v) is 3.06. The molecule has 1 aliphatic carbocycles. The molecule has 0 bridgehead atoms. The first-order valence-electron chi connectivity index (χ1n) is 2.66. The zero-order valence-corrected chi connectivity index (χ0v) is 5.66. The monoisotopic (exact) mass is 124 g/mol. The summed E-state index contributed by atoms with van der Waals surface area (Å²) in [7, 11) is 0. The fourth-order valence-corrected chi connectivity index (χ4v) is 1.02. The lowest BCUT2D eigenvalue weighted by molar-refractivity contribution is 1.27. The third-order valence-corrected chi connectivity index (χ3v) is 1.40. The van der Waals surface area contributed by atoms with Gasteiger partial charge >= 0.3 is 0 Å². The molecule has 0 aromatic heterocycles. The van der Waals surface area contributed by atoms with E-state index < -0.39 is 0 Å². The van der Waals surface area contributed by atoms with Gasteiger partial charge < -0.3 is 0 Å². The Labute approximate surface area is 54.9 Å². The zero-order chi connectivity index (χ0) is 5.98. The molecule has 0 saturated carbocycles. The molecular weight excluding hydrogens is 116 g/mol. The molecule has 0 aromatic carbocycles. The van der Waals surface area contributed by atoms with Gasteiger partial charge in [0.05, 0.1) is 0 Å². The summed E-state index contributed by atoms with van der Waals surface area (Å²) in [6.07, 6.45) is 7.05. The number of rotatable bonds is 0. The van der Waals surface area contributed by atoms with Crippen LogP contribution < -0.4 is 0 Å². The third-order valence-electron chi connectivity index (χ3n) is 1.12. The van der Waals surface area contributed by atoms with Gasteiger partial charge in [-0.2, -0.15) is 0 Å². The molecule has 42 valence electrons. The highest BCUT2D eigenvalue weighted by Gasteiger charge is 1.95. The summed E-state index contributed by atoms with van der Waals surface area (Å²) in [5.74, 6) is 0. The van der Waals surface area contributed by atoms with Crippen LogP contribution in [0.1, 0.15) is 13.3 Å². The molecule has 0 atom stereocenters. The fourth-order valence-electron chi connectivity index (χ4n) is 0.712. The van der Waals surface area contributed by atoms with E-state index in [1.165, 1.54) is 5.57 Å². The average Bonchev–Trinajstić information content (AvgIpc) is 1.64. The van der Waals surface area contributed by atoms with Gasteiger partial charge in [0.15, 0.2) is 0 Å². The van der Waals surface area contributed by atoms with E-state index in [-0.39, 0.29) is 0 Å². The van der Waals surface area contributed by atoms with Crippen molar-refractivity contribution in [3.8, 4) is 0 Å². The van der Waals surface area contributed by atoms with E-state index in [0.29, 0.717) is 0 Å². The lowest BCUT2D eigenvalue weighted by Gasteiger charge is -2.01. The molecule has 0 spiro atoms. The van der Waals surface area contributed by atoms with Crippen LogP contribution in [0, 0.1) is 0 Å².